The van der Waals surface area contributed by atoms with Crippen molar-refractivity contribution < 1.29 is 23.2 Å². The van der Waals surface area contributed by atoms with Crippen molar-refractivity contribution in [2.75, 3.05) is 0 Å². The molecule has 1 aliphatic rings. The van der Waals surface area contributed by atoms with E-state index in [0.29, 0.717) is 18.4 Å². The Kier molecular flexibility index (Phi) is 5.16. The normalized spacial score (nSPS) is 16.1. The number of amides is 3. The summed E-state index contributed by atoms with van der Waals surface area (Å²) in [6, 6.07) is 2.17. The van der Waals surface area contributed by atoms with Crippen molar-refractivity contribution in [2.45, 2.75) is 44.2 Å². The summed E-state index contributed by atoms with van der Waals surface area (Å²) >= 11 is 0. The molecule has 0 radical (unpaired) electrons. The van der Waals surface area contributed by atoms with Crippen LogP contribution in [0, 0.1) is 11.6 Å². The van der Waals surface area contributed by atoms with Gasteiger partial charge in [-0.3, -0.25) is 14.4 Å². The monoisotopic (exact) mass is 339 g/mol. The van der Waals surface area contributed by atoms with Crippen molar-refractivity contribution in [2.24, 2.45) is 5.73 Å². The van der Waals surface area contributed by atoms with Gasteiger partial charge < -0.3 is 16.4 Å². The van der Waals surface area contributed by atoms with Gasteiger partial charge in [-0.15, -0.1) is 0 Å². The second-order valence-corrected chi connectivity index (χ2v) is 5.99. The maximum Gasteiger partial charge on any atom is 0.243 e. The molecule has 1 aromatic rings. The first-order valence-corrected chi connectivity index (χ1v) is 7.56. The minimum absolute atomic E-state index is 0.0499. The zero-order valence-corrected chi connectivity index (χ0v) is 13.2. The van der Waals surface area contributed by atoms with Gasteiger partial charge in [-0.05, 0) is 37.0 Å². The molecule has 6 nitrogen and oxygen atoms in total. The van der Waals surface area contributed by atoms with Gasteiger partial charge in [-0.2, -0.15) is 0 Å². The number of carbonyl (C=O) groups excluding carboxylic acids is 3. The maximum absolute atomic E-state index is 13.4. The van der Waals surface area contributed by atoms with Crippen LogP contribution in [-0.2, 0) is 19.9 Å². The van der Waals surface area contributed by atoms with Crippen molar-refractivity contribution in [1.29, 1.82) is 0 Å². The molecule has 2 rings (SSSR count). The van der Waals surface area contributed by atoms with Crippen LogP contribution < -0.4 is 16.4 Å². The predicted molar refractivity (Wildman–Crippen MR) is 81.4 cm³/mol. The van der Waals surface area contributed by atoms with E-state index in [2.05, 4.69) is 10.6 Å². The molecule has 3 amide bonds. The lowest BCUT2D eigenvalue weighted by Gasteiger charge is -2.23. The standard InChI is InChI=1S/C16H19F2N3O3/c1-9(22)20-13(2-3-14(19)23)15(24)21-16(4-5-16)10-6-11(17)8-12(18)7-10/h6-8,13H,2-5H2,1H3,(H2,19,23)(H,20,22)(H,21,24)/t13-/m0/s1. The third kappa shape index (κ3) is 4.50. The quantitative estimate of drug-likeness (QED) is 0.686. The molecule has 0 bridgehead atoms. The number of halogens is 2. The Morgan fingerprint density at radius 3 is 2.25 bits per heavy atom. The van der Waals surface area contributed by atoms with Gasteiger partial charge in [0, 0.05) is 19.4 Å². The van der Waals surface area contributed by atoms with E-state index >= 15 is 0 Å². The van der Waals surface area contributed by atoms with Crippen molar-refractivity contribution in [3.05, 3.63) is 35.4 Å². The zero-order chi connectivity index (χ0) is 17.9. The van der Waals surface area contributed by atoms with Gasteiger partial charge in [0.2, 0.25) is 17.7 Å². The topological polar surface area (TPSA) is 101 Å². The molecule has 1 aliphatic carbocycles. The number of hydrogen-bond acceptors (Lipinski definition) is 3. The molecule has 1 fully saturated rings. The third-order valence-electron chi connectivity index (χ3n) is 3.90. The number of nitrogens with one attached hydrogen (secondary N) is 2. The lowest BCUT2D eigenvalue weighted by Crippen LogP contribution is -2.49. The molecule has 0 heterocycles. The third-order valence-corrected chi connectivity index (χ3v) is 3.90. The number of hydrogen-bond donors (Lipinski definition) is 3. The highest BCUT2D eigenvalue weighted by molar-refractivity contribution is 5.88. The first-order chi connectivity index (χ1) is 11.2. The van der Waals surface area contributed by atoms with Gasteiger partial charge in [0.15, 0.2) is 0 Å². The molecule has 24 heavy (non-hydrogen) atoms. The fraction of sp³-hybridized carbons (Fsp3) is 0.438. The molecular formula is C16H19F2N3O3. The van der Waals surface area contributed by atoms with Gasteiger partial charge in [-0.25, -0.2) is 8.78 Å². The number of benzene rings is 1. The van der Waals surface area contributed by atoms with E-state index in [-0.39, 0.29) is 12.8 Å². The fourth-order valence-corrected chi connectivity index (χ4v) is 2.56. The minimum atomic E-state index is -0.939. The summed E-state index contributed by atoms with van der Waals surface area (Å²) in [7, 11) is 0. The second-order valence-electron chi connectivity index (χ2n) is 5.99. The molecule has 130 valence electrons. The molecule has 0 aliphatic heterocycles. The number of primary amides is 1. The Bertz CT molecular complexity index is 654. The molecule has 1 saturated carbocycles. The number of rotatable bonds is 7. The first kappa shape index (κ1) is 17.8. The summed E-state index contributed by atoms with van der Waals surface area (Å²) in [5, 5.41) is 5.18. The van der Waals surface area contributed by atoms with Gasteiger partial charge in [-0.1, -0.05) is 0 Å². The highest BCUT2D eigenvalue weighted by Gasteiger charge is 2.47. The molecule has 8 heteroatoms. The van der Waals surface area contributed by atoms with Crippen LogP contribution in [0.2, 0.25) is 0 Å². The highest BCUT2D eigenvalue weighted by atomic mass is 19.1. The Balaban J connectivity index is 2.12. The lowest BCUT2D eigenvalue weighted by atomic mass is 10.0. The molecule has 0 spiro atoms. The van der Waals surface area contributed by atoms with E-state index in [1.807, 2.05) is 0 Å². The van der Waals surface area contributed by atoms with Crippen molar-refractivity contribution >= 4 is 17.7 Å². The molecular weight excluding hydrogens is 320 g/mol. The Hall–Kier alpha value is -2.51. The average Bonchev–Trinajstić information content (AvgIpc) is 3.22. The van der Waals surface area contributed by atoms with Crippen LogP contribution in [-0.4, -0.2) is 23.8 Å². The second kappa shape index (κ2) is 6.94. The summed E-state index contributed by atoms with van der Waals surface area (Å²) in [6.45, 7) is 1.25. The van der Waals surface area contributed by atoms with Crippen molar-refractivity contribution in [1.82, 2.24) is 10.6 Å². The van der Waals surface area contributed by atoms with Crippen LogP contribution >= 0.6 is 0 Å². The van der Waals surface area contributed by atoms with Gasteiger partial charge in [0.05, 0.1) is 5.54 Å². The van der Waals surface area contributed by atoms with Crippen LogP contribution in [0.3, 0.4) is 0 Å². The Morgan fingerprint density at radius 1 is 1.21 bits per heavy atom. The highest BCUT2D eigenvalue weighted by Crippen LogP contribution is 2.45. The summed E-state index contributed by atoms with van der Waals surface area (Å²) in [6.07, 6.45) is 1.04. The summed E-state index contributed by atoms with van der Waals surface area (Å²) in [5.41, 5.74) is 4.56. The van der Waals surface area contributed by atoms with Crippen LogP contribution in [0.25, 0.3) is 0 Å². The molecule has 1 atom stereocenters. The Labute approximate surface area is 137 Å². The molecule has 4 N–H and O–H groups in total. The number of nitrogens with two attached hydrogens (primary N) is 1. The predicted octanol–water partition coefficient (Wildman–Crippen LogP) is 0.840. The van der Waals surface area contributed by atoms with Crippen molar-refractivity contribution in [3.8, 4) is 0 Å². The van der Waals surface area contributed by atoms with Crippen molar-refractivity contribution in [3.63, 3.8) is 0 Å². The van der Waals surface area contributed by atoms with E-state index in [0.717, 1.165) is 6.07 Å². The molecule has 0 saturated heterocycles. The smallest absolute Gasteiger partial charge is 0.243 e. The number of carbonyl (C=O) groups is 3. The first-order valence-electron chi connectivity index (χ1n) is 7.56. The van der Waals surface area contributed by atoms with E-state index in [9.17, 15) is 23.2 Å². The lowest BCUT2D eigenvalue weighted by molar-refractivity contribution is -0.129. The van der Waals surface area contributed by atoms with Gasteiger partial charge in [0.1, 0.15) is 17.7 Å². The minimum Gasteiger partial charge on any atom is -0.370 e. The van der Waals surface area contributed by atoms with Crippen LogP contribution in [0.15, 0.2) is 18.2 Å². The molecule has 1 aromatic carbocycles. The largest absolute Gasteiger partial charge is 0.370 e. The SMILES string of the molecule is CC(=O)N[C@@H](CCC(N)=O)C(=O)NC1(c2cc(F)cc(F)c2)CC1. The summed E-state index contributed by atoms with van der Waals surface area (Å²) in [5.74, 6) is -2.99. The van der Waals surface area contributed by atoms with E-state index in [1.165, 1.54) is 19.1 Å². The summed E-state index contributed by atoms with van der Waals surface area (Å²) in [4.78, 5) is 34.6. The van der Waals surface area contributed by atoms with E-state index in [1.54, 1.807) is 0 Å². The fourth-order valence-electron chi connectivity index (χ4n) is 2.56. The maximum atomic E-state index is 13.4. The molecule has 0 unspecified atom stereocenters. The van der Waals surface area contributed by atoms with E-state index < -0.39 is 40.9 Å². The summed E-state index contributed by atoms with van der Waals surface area (Å²) < 4.78 is 26.8. The van der Waals surface area contributed by atoms with Gasteiger partial charge in [0.25, 0.3) is 0 Å². The van der Waals surface area contributed by atoms with Gasteiger partial charge >= 0.3 is 0 Å². The zero-order valence-electron chi connectivity index (χ0n) is 13.2. The van der Waals surface area contributed by atoms with E-state index in [4.69, 9.17) is 5.73 Å². The van der Waals surface area contributed by atoms with Crippen LogP contribution in [0.5, 0.6) is 0 Å². The van der Waals surface area contributed by atoms with Crippen LogP contribution in [0.4, 0.5) is 8.78 Å². The molecule has 0 aromatic heterocycles. The van der Waals surface area contributed by atoms with Crippen LogP contribution in [0.1, 0.15) is 38.2 Å². The Morgan fingerprint density at radius 2 is 1.79 bits per heavy atom. The average molecular weight is 339 g/mol.